The molecule has 0 radical (unpaired) electrons. The molecule has 0 bridgehead atoms. The Morgan fingerprint density at radius 1 is 0.380 bits per heavy atom. The largest absolute Gasteiger partial charge is 0.309 e. The van der Waals surface area contributed by atoms with Gasteiger partial charge in [-0.15, -0.1) is 0 Å². The van der Waals surface area contributed by atoms with Crippen molar-refractivity contribution in [3.63, 3.8) is 0 Å². The van der Waals surface area contributed by atoms with Gasteiger partial charge < -0.3 is 4.57 Å². The third-order valence-corrected chi connectivity index (χ3v) is 11.0. The first-order chi connectivity index (χ1) is 24.8. The summed E-state index contributed by atoms with van der Waals surface area (Å²) in [7, 11) is 0. The molecule has 2 heterocycles. The highest BCUT2D eigenvalue weighted by Gasteiger charge is 2.30. The Morgan fingerprint density at radius 2 is 0.960 bits per heavy atom. The highest BCUT2D eigenvalue weighted by molar-refractivity contribution is 6.25. The number of benzene rings is 8. The molecule has 2 heteroatoms. The van der Waals surface area contributed by atoms with Crippen molar-refractivity contribution in [1.29, 1.82) is 0 Å². The van der Waals surface area contributed by atoms with E-state index in [9.17, 15) is 0 Å². The Balaban J connectivity index is 1.10. The lowest BCUT2D eigenvalue weighted by Gasteiger charge is -2.15. The summed E-state index contributed by atoms with van der Waals surface area (Å²) in [5.74, 6) is 0.191. The summed E-state index contributed by atoms with van der Waals surface area (Å²) in [5, 5.41) is 10.3. The molecule has 0 aliphatic heterocycles. The summed E-state index contributed by atoms with van der Waals surface area (Å²) in [4.78, 5) is 4.31. The van der Waals surface area contributed by atoms with Crippen LogP contribution in [0.15, 0.2) is 176 Å². The lowest BCUT2D eigenvalue weighted by molar-refractivity contribution is 1.01. The van der Waals surface area contributed by atoms with Gasteiger partial charge in [-0.3, -0.25) is 4.98 Å². The number of pyridine rings is 1. The van der Waals surface area contributed by atoms with E-state index in [4.69, 9.17) is 0 Å². The fourth-order valence-corrected chi connectivity index (χ4v) is 8.77. The van der Waals surface area contributed by atoms with E-state index in [1.807, 2.05) is 12.4 Å². The van der Waals surface area contributed by atoms with Crippen molar-refractivity contribution in [3.05, 3.63) is 193 Å². The Hall–Kier alpha value is -6.51. The topological polar surface area (TPSA) is 17.8 Å². The lowest BCUT2D eigenvalue weighted by Crippen LogP contribution is -1.99. The second-order valence-corrected chi connectivity index (χ2v) is 13.5. The first-order valence-electron chi connectivity index (χ1n) is 17.3. The van der Waals surface area contributed by atoms with Gasteiger partial charge in [0.15, 0.2) is 0 Å². The van der Waals surface area contributed by atoms with Gasteiger partial charge in [-0.05, 0) is 120 Å². The Labute approximate surface area is 289 Å². The van der Waals surface area contributed by atoms with Gasteiger partial charge >= 0.3 is 0 Å². The standard InChI is InChI=1S/C48H30N2/c1-2-11-36-34(9-1)35-10-3-4-13-38(35)43-29-33(19-21-39(36)43)50-46-16-8-7-14-41(46)44-27-32(18-22-47(44)50)31-17-20-40-37-12-5-6-15-42(37)48(45(40)28-31)30-23-25-49-26-24-30/h1-29,48H. The summed E-state index contributed by atoms with van der Waals surface area (Å²) in [6.45, 7) is 0. The van der Waals surface area contributed by atoms with Gasteiger partial charge in [-0.25, -0.2) is 0 Å². The predicted molar refractivity (Wildman–Crippen MR) is 209 cm³/mol. The van der Waals surface area contributed by atoms with Gasteiger partial charge in [-0.1, -0.05) is 115 Å². The maximum Gasteiger partial charge on any atom is 0.0541 e. The maximum atomic E-state index is 4.31. The van der Waals surface area contributed by atoms with E-state index >= 15 is 0 Å². The number of para-hydroxylation sites is 1. The van der Waals surface area contributed by atoms with Crippen molar-refractivity contribution < 1.29 is 0 Å². The van der Waals surface area contributed by atoms with Crippen molar-refractivity contribution >= 4 is 54.1 Å². The SMILES string of the molecule is c1ccc2c(c1)-c1ccc(-c3ccc4c(c3)c3ccccc3n4-c3ccc4c5ccccc5c5ccccc5c4c3)cc1C2c1ccncc1. The van der Waals surface area contributed by atoms with Crippen molar-refractivity contribution in [2.24, 2.45) is 0 Å². The van der Waals surface area contributed by atoms with Crippen LogP contribution in [-0.2, 0) is 0 Å². The Morgan fingerprint density at radius 3 is 1.74 bits per heavy atom. The van der Waals surface area contributed by atoms with Crippen LogP contribution in [0.2, 0.25) is 0 Å². The number of nitrogens with zero attached hydrogens (tertiary/aromatic N) is 2. The molecule has 8 aromatic carbocycles. The number of hydrogen-bond acceptors (Lipinski definition) is 1. The van der Waals surface area contributed by atoms with Crippen LogP contribution in [0.25, 0.3) is 82.1 Å². The molecule has 0 N–H and O–H groups in total. The van der Waals surface area contributed by atoms with Gasteiger partial charge in [-0.2, -0.15) is 0 Å². The van der Waals surface area contributed by atoms with Crippen molar-refractivity contribution in [3.8, 4) is 27.9 Å². The van der Waals surface area contributed by atoms with Gasteiger partial charge in [0.2, 0.25) is 0 Å². The van der Waals surface area contributed by atoms with E-state index in [1.165, 1.54) is 98.8 Å². The molecule has 1 atom stereocenters. The molecule has 0 amide bonds. The van der Waals surface area contributed by atoms with E-state index in [0.29, 0.717) is 0 Å². The molecule has 10 aromatic rings. The molecule has 1 aliphatic rings. The highest BCUT2D eigenvalue weighted by atomic mass is 15.0. The molecule has 2 nitrogen and oxygen atoms in total. The molecule has 11 rings (SSSR count). The molecule has 0 spiro atoms. The van der Waals surface area contributed by atoms with Crippen molar-refractivity contribution in [1.82, 2.24) is 9.55 Å². The normalized spacial score (nSPS) is 13.8. The molecule has 0 saturated carbocycles. The molecule has 2 aromatic heterocycles. The van der Waals surface area contributed by atoms with Gasteiger partial charge in [0, 0.05) is 34.8 Å². The molecule has 1 aliphatic carbocycles. The molecule has 232 valence electrons. The van der Waals surface area contributed by atoms with Crippen LogP contribution >= 0.6 is 0 Å². The predicted octanol–water partition coefficient (Wildman–Crippen LogP) is 12.5. The second kappa shape index (κ2) is 10.5. The summed E-state index contributed by atoms with van der Waals surface area (Å²) in [6, 6.07) is 60.6. The fourth-order valence-electron chi connectivity index (χ4n) is 8.77. The minimum atomic E-state index is 0.191. The molecule has 50 heavy (non-hydrogen) atoms. The summed E-state index contributed by atoms with van der Waals surface area (Å²) >= 11 is 0. The highest BCUT2D eigenvalue weighted by Crippen LogP contribution is 2.49. The number of aromatic nitrogens is 2. The number of fused-ring (bicyclic) bond motifs is 12. The smallest absolute Gasteiger partial charge is 0.0541 e. The molecule has 0 fully saturated rings. The van der Waals surface area contributed by atoms with Crippen LogP contribution in [0, 0.1) is 0 Å². The first kappa shape index (κ1) is 27.4. The zero-order valence-electron chi connectivity index (χ0n) is 27.2. The van der Waals surface area contributed by atoms with Crippen LogP contribution < -0.4 is 0 Å². The Kier molecular flexibility index (Phi) is 5.76. The Bertz CT molecular complexity index is 2950. The number of hydrogen-bond donors (Lipinski definition) is 0. The second-order valence-electron chi connectivity index (χ2n) is 13.5. The average Bonchev–Trinajstić information content (AvgIpc) is 3.70. The van der Waals surface area contributed by atoms with Crippen LogP contribution in [-0.4, -0.2) is 9.55 Å². The molecular weight excluding hydrogens is 605 g/mol. The molecule has 0 saturated heterocycles. The van der Waals surface area contributed by atoms with Crippen molar-refractivity contribution in [2.45, 2.75) is 5.92 Å². The van der Waals surface area contributed by atoms with Gasteiger partial charge in [0.1, 0.15) is 0 Å². The van der Waals surface area contributed by atoms with Crippen LogP contribution in [0.4, 0.5) is 0 Å². The average molecular weight is 635 g/mol. The van der Waals surface area contributed by atoms with Gasteiger partial charge in [0.25, 0.3) is 0 Å². The third-order valence-electron chi connectivity index (χ3n) is 11.0. The minimum Gasteiger partial charge on any atom is -0.309 e. The minimum absolute atomic E-state index is 0.191. The van der Waals surface area contributed by atoms with Gasteiger partial charge in [0.05, 0.1) is 11.0 Å². The maximum absolute atomic E-state index is 4.31. The summed E-state index contributed by atoms with van der Waals surface area (Å²) < 4.78 is 2.44. The van der Waals surface area contributed by atoms with Crippen LogP contribution in [0.1, 0.15) is 22.6 Å². The number of rotatable bonds is 3. The first-order valence-corrected chi connectivity index (χ1v) is 17.3. The third kappa shape index (κ3) is 3.88. The van der Waals surface area contributed by atoms with E-state index in [1.54, 1.807) is 0 Å². The van der Waals surface area contributed by atoms with E-state index in [0.717, 1.165) is 0 Å². The summed E-state index contributed by atoms with van der Waals surface area (Å²) in [6.07, 6.45) is 3.81. The monoisotopic (exact) mass is 634 g/mol. The molecular formula is C48H30N2. The van der Waals surface area contributed by atoms with E-state index in [2.05, 4.69) is 173 Å². The van der Waals surface area contributed by atoms with E-state index in [-0.39, 0.29) is 5.92 Å². The zero-order chi connectivity index (χ0) is 32.8. The quantitative estimate of drug-likeness (QED) is 0.177. The zero-order valence-corrected chi connectivity index (χ0v) is 27.2. The summed E-state index contributed by atoms with van der Waals surface area (Å²) in [5.41, 5.74) is 12.7. The fraction of sp³-hybridized carbons (Fsp3) is 0.0208. The van der Waals surface area contributed by atoms with Crippen LogP contribution in [0.5, 0.6) is 0 Å². The van der Waals surface area contributed by atoms with E-state index < -0.39 is 0 Å². The van der Waals surface area contributed by atoms with Crippen molar-refractivity contribution in [2.75, 3.05) is 0 Å². The lowest BCUT2D eigenvalue weighted by atomic mass is 9.88. The van der Waals surface area contributed by atoms with Crippen LogP contribution in [0.3, 0.4) is 0 Å². The molecule has 1 unspecified atom stereocenters.